The molecule has 6 unspecified atom stereocenters. The highest BCUT2D eigenvalue weighted by molar-refractivity contribution is 5.92. The Kier molecular flexibility index (Phi) is 4.23. The molecule has 8 atom stereocenters. The third kappa shape index (κ3) is 2.33. The minimum absolute atomic E-state index is 0.0532. The van der Waals surface area contributed by atoms with Crippen molar-refractivity contribution in [3.05, 3.63) is 11.6 Å². The summed E-state index contributed by atoms with van der Waals surface area (Å²) < 4.78 is 15.2. The van der Waals surface area contributed by atoms with Gasteiger partial charge in [0, 0.05) is 11.8 Å². The summed E-state index contributed by atoms with van der Waals surface area (Å²) >= 11 is 0. The fourth-order valence-electron chi connectivity index (χ4n) is 7.29. The summed E-state index contributed by atoms with van der Waals surface area (Å²) in [5.74, 6) is -1.11. The number of fused-ring (bicyclic) bond motifs is 5. The standard InChI is InChI=1S/C21H29FO5/c1-19-5-3-11(24)7-14(19)15(22)8-12-13-4-6-21(27,17(26)10-23)20(13,2)9-16(25)18(12)19/h7,12-13,15-16,18,23,25,27H,3-6,8-10H2,1-2H3/t12?,13?,15-,16?,18?,19?,20?,21-/m0/s1. The lowest BCUT2D eigenvalue weighted by Gasteiger charge is -2.61. The Morgan fingerprint density at radius 2 is 2.04 bits per heavy atom. The summed E-state index contributed by atoms with van der Waals surface area (Å²) in [4.78, 5) is 24.2. The van der Waals surface area contributed by atoms with E-state index < -0.39 is 41.1 Å². The van der Waals surface area contributed by atoms with Gasteiger partial charge in [-0.15, -0.1) is 0 Å². The van der Waals surface area contributed by atoms with Crippen LogP contribution in [0.3, 0.4) is 0 Å². The highest BCUT2D eigenvalue weighted by atomic mass is 19.1. The van der Waals surface area contributed by atoms with Gasteiger partial charge in [-0.2, -0.15) is 0 Å². The fourth-order valence-corrected chi connectivity index (χ4v) is 7.29. The number of ketones is 2. The minimum Gasteiger partial charge on any atom is -0.393 e. The van der Waals surface area contributed by atoms with Gasteiger partial charge in [0.1, 0.15) is 18.4 Å². The van der Waals surface area contributed by atoms with Crippen LogP contribution in [-0.2, 0) is 9.59 Å². The Morgan fingerprint density at radius 3 is 2.70 bits per heavy atom. The molecule has 0 aromatic rings. The molecule has 0 aromatic carbocycles. The third-order valence-corrected chi connectivity index (χ3v) is 8.63. The zero-order chi connectivity index (χ0) is 19.8. The van der Waals surface area contributed by atoms with E-state index in [0.717, 1.165) is 0 Å². The second-order valence-electron chi connectivity index (χ2n) is 9.65. The van der Waals surface area contributed by atoms with Crippen molar-refractivity contribution in [2.75, 3.05) is 6.61 Å². The molecule has 5 nitrogen and oxygen atoms in total. The van der Waals surface area contributed by atoms with Crippen LogP contribution < -0.4 is 0 Å². The maximum Gasteiger partial charge on any atom is 0.190 e. The number of carbonyl (C=O) groups excluding carboxylic acids is 2. The topological polar surface area (TPSA) is 94.8 Å². The first-order valence-electron chi connectivity index (χ1n) is 10.0. The van der Waals surface area contributed by atoms with Crippen molar-refractivity contribution in [3.63, 3.8) is 0 Å². The van der Waals surface area contributed by atoms with E-state index in [1.54, 1.807) is 0 Å². The van der Waals surface area contributed by atoms with Crippen molar-refractivity contribution in [2.45, 2.75) is 70.2 Å². The monoisotopic (exact) mass is 380 g/mol. The van der Waals surface area contributed by atoms with E-state index in [-0.39, 0.29) is 42.8 Å². The second-order valence-corrected chi connectivity index (χ2v) is 9.65. The smallest absolute Gasteiger partial charge is 0.190 e. The van der Waals surface area contributed by atoms with Crippen LogP contribution >= 0.6 is 0 Å². The second kappa shape index (κ2) is 5.94. The molecule has 150 valence electrons. The van der Waals surface area contributed by atoms with E-state index in [1.807, 2.05) is 13.8 Å². The SMILES string of the molecule is CC12CCC(=O)C=C1[C@@H](F)CC1C2C(O)CC2(C)C1CC[C@]2(O)C(=O)CO. The van der Waals surface area contributed by atoms with Gasteiger partial charge in [0.2, 0.25) is 0 Å². The first kappa shape index (κ1) is 19.2. The largest absolute Gasteiger partial charge is 0.393 e. The molecule has 4 aliphatic carbocycles. The zero-order valence-electron chi connectivity index (χ0n) is 15.9. The van der Waals surface area contributed by atoms with Gasteiger partial charge < -0.3 is 15.3 Å². The summed E-state index contributed by atoms with van der Waals surface area (Å²) in [7, 11) is 0. The van der Waals surface area contributed by atoms with Gasteiger partial charge in [-0.25, -0.2) is 4.39 Å². The maximum atomic E-state index is 15.2. The first-order valence-corrected chi connectivity index (χ1v) is 10.0. The molecule has 0 radical (unpaired) electrons. The molecule has 0 aliphatic heterocycles. The van der Waals surface area contributed by atoms with Gasteiger partial charge in [-0.05, 0) is 66.9 Å². The van der Waals surface area contributed by atoms with Crippen LogP contribution in [0.1, 0.15) is 52.4 Å². The van der Waals surface area contributed by atoms with E-state index >= 15 is 4.39 Å². The lowest BCUT2D eigenvalue weighted by Crippen LogP contribution is -2.63. The summed E-state index contributed by atoms with van der Waals surface area (Å²) in [5, 5.41) is 31.6. The van der Waals surface area contributed by atoms with Crippen LogP contribution in [0, 0.1) is 28.6 Å². The number of aliphatic hydroxyl groups excluding tert-OH is 2. The lowest BCUT2D eigenvalue weighted by atomic mass is 9.45. The van der Waals surface area contributed by atoms with Gasteiger partial charge >= 0.3 is 0 Å². The van der Waals surface area contributed by atoms with Crippen molar-refractivity contribution in [3.8, 4) is 0 Å². The van der Waals surface area contributed by atoms with Gasteiger partial charge in [0.25, 0.3) is 0 Å². The molecular formula is C21H29FO5. The van der Waals surface area contributed by atoms with Gasteiger partial charge in [-0.3, -0.25) is 9.59 Å². The van der Waals surface area contributed by atoms with Gasteiger partial charge in [0.05, 0.1) is 6.10 Å². The molecule has 0 amide bonds. The average Bonchev–Trinajstić information content (AvgIpc) is 2.87. The Morgan fingerprint density at radius 1 is 1.33 bits per heavy atom. The molecule has 0 heterocycles. The molecule has 27 heavy (non-hydrogen) atoms. The van der Waals surface area contributed by atoms with Crippen LogP contribution in [0.5, 0.6) is 0 Å². The normalized spacial score (nSPS) is 51.9. The first-order chi connectivity index (χ1) is 12.6. The van der Waals surface area contributed by atoms with Crippen LogP contribution in [0.2, 0.25) is 0 Å². The van der Waals surface area contributed by atoms with Crippen LogP contribution in [-0.4, -0.2) is 51.4 Å². The molecule has 3 fully saturated rings. The van der Waals surface area contributed by atoms with Crippen molar-refractivity contribution < 1.29 is 29.3 Å². The maximum absolute atomic E-state index is 15.2. The van der Waals surface area contributed by atoms with E-state index in [0.29, 0.717) is 24.8 Å². The molecular weight excluding hydrogens is 351 g/mol. The molecule has 3 N–H and O–H groups in total. The lowest BCUT2D eigenvalue weighted by molar-refractivity contribution is -0.185. The molecule has 0 saturated heterocycles. The Labute approximate surface area is 158 Å². The van der Waals surface area contributed by atoms with Crippen LogP contribution in [0.25, 0.3) is 0 Å². The predicted molar refractivity (Wildman–Crippen MR) is 95.4 cm³/mol. The van der Waals surface area contributed by atoms with Crippen molar-refractivity contribution in [1.29, 1.82) is 0 Å². The number of carbonyl (C=O) groups is 2. The Balaban J connectivity index is 1.77. The molecule has 0 bridgehead atoms. The quantitative estimate of drug-likeness (QED) is 0.678. The number of hydrogen-bond donors (Lipinski definition) is 3. The van der Waals surface area contributed by atoms with Gasteiger partial charge in [0.15, 0.2) is 11.6 Å². The van der Waals surface area contributed by atoms with Crippen LogP contribution in [0.15, 0.2) is 11.6 Å². The van der Waals surface area contributed by atoms with Crippen molar-refractivity contribution >= 4 is 11.6 Å². The number of Topliss-reactive ketones (excluding diaryl/α,β-unsaturated/α-hetero) is 1. The minimum atomic E-state index is -1.68. The van der Waals surface area contributed by atoms with E-state index in [1.165, 1.54) is 6.08 Å². The Hall–Kier alpha value is -1.11. The summed E-state index contributed by atoms with van der Waals surface area (Å²) in [6, 6.07) is 0. The van der Waals surface area contributed by atoms with Crippen LogP contribution in [0.4, 0.5) is 4.39 Å². The summed E-state index contributed by atoms with van der Waals surface area (Å²) in [6.45, 7) is 3.03. The fraction of sp³-hybridized carbons (Fsp3) is 0.810. The Bertz CT molecular complexity index is 719. The highest BCUT2D eigenvalue weighted by Crippen LogP contribution is 2.67. The molecule has 0 aromatic heterocycles. The number of rotatable bonds is 2. The van der Waals surface area contributed by atoms with Crippen molar-refractivity contribution in [2.24, 2.45) is 28.6 Å². The highest BCUT2D eigenvalue weighted by Gasteiger charge is 2.69. The van der Waals surface area contributed by atoms with E-state index in [4.69, 9.17) is 0 Å². The summed E-state index contributed by atoms with van der Waals surface area (Å²) in [6.07, 6.45) is 1.57. The summed E-state index contributed by atoms with van der Waals surface area (Å²) in [5.41, 5.74) is -2.61. The molecule has 3 saturated carbocycles. The molecule has 4 rings (SSSR count). The predicted octanol–water partition coefficient (Wildman–Crippen LogP) is 1.73. The van der Waals surface area contributed by atoms with E-state index in [9.17, 15) is 24.9 Å². The molecule has 4 aliphatic rings. The average molecular weight is 380 g/mol. The van der Waals surface area contributed by atoms with Gasteiger partial charge in [-0.1, -0.05) is 13.8 Å². The number of hydrogen-bond acceptors (Lipinski definition) is 5. The number of halogens is 1. The number of allylic oxidation sites excluding steroid dienone is 1. The molecule has 6 heteroatoms. The molecule has 0 spiro atoms. The third-order valence-electron chi connectivity index (χ3n) is 8.63. The number of alkyl halides is 1. The van der Waals surface area contributed by atoms with Crippen molar-refractivity contribution in [1.82, 2.24) is 0 Å². The van der Waals surface area contributed by atoms with E-state index in [2.05, 4.69) is 0 Å². The number of aliphatic hydroxyl groups is 3. The zero-order valence-corrected chi connectivity index (χ0v) is 15.9.